The summed E-state index contributed by atoms with van der Waals surface area (Å²) >= 11 is 0. The number of nitrogens with one attached hydrogen (secondary N) is 1. The third-order valence-electron chi connectivity index (χ3n) is 5.34. The van der Waals surface area contributed by atoms with E-state index in [1.807, 2.05) is 36.4 Å². The standard InChI is InChI=1S/C27H24N2O4/c1-2-33-27(32)22-18-24(25(30)20-11-7-4-8-12-20)29-16-14-21(17-23(22)29)26(31)28-15-13-19-9-5-3-6-10-19/h3-12,14,16-18H,2,13,15H2,1H3,(H,28,31). The molecule has 2 aromatic carbocycles. The molecular formula is C27H24N2O4. The first-order chi connectivity index (χ1) is 16.1. The summed E-state index contributed by atoms with van der Waals surface area (Å²) in [4.78, 5) is 38.4. The first kappa shape index (κ1) is 22.0. The predicted molar refractivity (Wildman–Crippen MR) is 126 cm³/mol. The van der Waals surface area contributed by atoms with E-state index in [9.17, 15) is 14.4 Å². The van der Waals surface area contributed by atoms with E-state index in [-0.39, 0.29) is 23.9 Å². The van der Waals surface area contributed by atoms with Gasteiger partial charge in [0.1, 0.15) is 0 Å². The highest BCUT2D eigenvalue weighted by Gasteiger charge is 2.22. The number of ketones is 1. The first-order valence-corrected chi connectivity index (χ1v) is 10.8. The van der Waals surface area contributed by atoms with Crippen LogP contribution in [0.2, 0.25) is 0 Å². The van der Waals surface area contributed by atoms with Crippen molar-refractivity contribution in [2.24, 2.45) is 0 Å². The van der Waals surface area contributed by atoms with Gasteiger partial charge in [0.15, 0.2) is 0 Å². The Bertz CT molecular complexity index is 1290. The number of carbonyl (C=O) groups is 3. The van der Waals surface area contributed by atoms with Crippen molar-refractivity contribution in [2.45, 2.75) is 13.3 Å². The van der Waals surface area contributed by atoms with Crippen LogP contribution >= 0.6 is 0 Å². The fourth-order valence-corrected chi connectivity index (χ4v) is 3.69. The van der Waals surface area contributed by atoms with Gasteiger partial charge in [0.05, 0.1) is 23.4 Å². The van der Waals surface area contributed by atoms with Gasteiger partial charge >= 0.3 is 5.97 Å². The highest BCUT2D eigenvalue weighted by molar-refractivity contribution is 6.11. The Balaban J connectivity index is 1.63. The summed E-state index contributed by atoms with van der Waals surface area (Å²) in [6.07, 6.45) is 2.35. The molecule has 166 valence electrons. The van der Waals surface area contributed by atoms with Gasteiger partial charge in [0.25, 0.3) is 5.91 Å². The van der Waals surface area contributed by atoms with Crippen LogP contribution < -0.4 is 5.32 Å². The van der Waals surface area contributed by atoms with Crippen LogP contribution in [0.5, 0.6) is 0 Å². The molecule has 2 aromatic heterocycles. The molecule has 1 amide bonds. The van der Waals surface area contributed by atoms with Crippen molar-refractivity contribution in [3.8, 4) is 0 Å². The van der Waals surface area contributed by atoms with Crippen molar-refractivity contribution in [1.29, 1.82) is 0 Å². The van der Waals surface area contributed by atoms with Gasteiger partial charge in [-0.2, -0.15) is 0 Å². The van der Waals surface area contributed by atoms with E-state index in [0.29, 0.717) is 35.3 Å². The number of esters is 1. The van der Waals surface area contributed by atoms with E-state index in [1.54, 1.807) is 53.9 Å². The summed E-state index contributed by atoms with van der Waals surface area (Å²) in [5.74, 6) is -1.01. The molecule has 0 radical (unpaired) electrons. The number of carbonyl (C=O) groups excluding carboxylic acids is 3. The fourth-order valence-electron chi connectivity index (χ4n) is 3.69. The van der Waals surface area contributed by atoms with Gasteiger partial charge in [-0.3, -0.25) is 9.59 Å². The molecule has 0 unspecified atom stereocenters. The van der Waals surface area contributed by atoms with E-state index < -0.39 is 5.97 Å². The van der Waals surface area contributed by atoms with Gasteiger partial charge < -0.3 is 14.5 Å². The maximum atomic E-state index is 13.1. The molecule has 0 aliphatic rings. The summed E-state index contributed by atoms with van der Waals surface area (Å²) in [6.45, 7) is 2.41. The minimum atomic E-state index is -0.538. The lowest BCUT2D eigenvalue weighted by Crippen LogP contribution is -2.25. The van der Waals surface area contributed by atoms with E-state index in [0.717, 1.165) is 5.56 Å². The molecule has 0 saturated carbocycles. The number of amides is 1. The number of nitrogens with zero attached hydrogens (tertiary/aromatic N) is 1. The molecule has 0 saturated heterocycles. The molecule has 0 spiro atoms. The second-order valence-electron chi connectivity index (χ2n) is 7.52. The predicted octanol–water partition coefficient (Wildman–Crippen LogP) is 4.32. The summed E-state index contributed by atoms with van der Waals surface area (Å²) < 4.78 is 6.81. The van der Waals surface area contributed by atoms with Gasteiger partial charge in [0, 0.05) is 23.9 Å². The number of fused-ring (bicyclic) bond motifs is 1. The Hall–Kier alpha value is -4.19. The lowest BCUT2D eigenvalue weighted by Gasteiger charge is -2.08. The number of rotatable bonds is 8. The smallest absolute Gasteiger partial charge is 0.340 e. The van der Waals surface area contributed by atoms with Gasteiger partial charge in [-0.25, -0.2) is 4.79 Å². The Morgan fingerprint density at radius 2 is 1.58 bits per heavy atom. The van der Waals surface area contributed by atoms with Gasteiger partial charge in [0.2, 0.25) is 5.78 Å². The molecule has 0 atom stereocenters. The minimum absolute atomic E-state index is 0.206. The maximum absolute atomic E-state index is 13.1. The molecule has 0 aliphatic carbocycles. The highest BCUT2D eigenvalue weighted by atomic mass is 16.5. The molecule has 2 heterocycles. The Morgan fingerprint density at radius 1 is 0.879 bits per heavy atom. The SMILES string of the molecule is CCOC(=O)c1cc(C(=O)c2ccccc2)n2ccc(C(=O)NCCc3ccccc3)cc12. The number of aromatic nitrogens is 1. The average Bonchev–Trinajstić information content (AvgIpc) is 3.24. The minimum Gasteiger partial charge on any atom is -0.462 e. The number of ether oxygens (including phenoxy) is 1. The topological polar surface area (TPSA) is 76.9 Å². The van der Waals surface area contributed by atoms with Crippen molar-refractivity contribution >= 4 is 23.2 Å². The Labute approximate surface area is 191 Å². The van der Waals surface area contributed by atoms with E-state index in [4.69, 9.17) is 4.74 Å². The first-order valence-electron chi connectivity index (χ1n) is 10.8. The van der Waals surface area contributed by atoms with Gasteiger partial charge in [-0.1, -0.05) is 60.7 Å². The van der Waals surface area contributed by atoms with Crippen molar-refractivity contribution in [3.63, 3.8) is 0 Å². The van der Waals surface area contributed by atoms with Crippen LogP contribution in [0.4, 0.5) is 0 Å². The van der Waals surface area contributed by atoms with Crippen molar-refractivity contribution < 1.29 is 19.1 Å². The lowest BCUT2D eigenvalue weighted by molar-refractivity contribution is 0.0528. The molecule has 1 N–H and O–H groups in total. The van der Waals surface area contributed by atoms with E-state index in [2.05, 4.69) is 5.32 Å². The summed E-state index contributed by atoms with van der Waals surface area (Å²) in [5, 5.41) is 2.91. The van der Waals surface area contributed by atoms with Crippen LogP contribution in [0, 0.1) is 0 Å². The maximum Gasteiger partial charge on any atom is 0.340 e. The summed E-state index contributed by atoms with van der Waals surface area (Å²) in [6, 6.07) is 23.5. The van der Waals surface area contributed by atoms with Crippen LogP contribution in [0.1, 0.15) is 49.3 Å². The highest BCUT2D eigenvalue weighted by Crippen LogP contribution is 2.22. The zero-order chi connectivity index (χ0) is 23.2. The molecule has 33 heavy (non-hydrogen) atoms. The van der Waals surface area contributed by atoms with Crippen LogP contribution in [-0.4, -0.2) is 35.2 Å². The third kappa shape index (κ3) is 4.85. The monoisotopic (exact) mass is 440 g/mol. The molecule has 4 rings (SSSR count). The molecule has 0 aliphatic heterocycles. The summed E-state index contributed by atoms with van der Waals surface area (Å²) in [5.41, 5.74) is 3.07. The number of benzene rings is 2. The second-order valence-corrected chi connectivity index (χ2v) is 7.52. The summed E-state index contributed by atoms with van der Waals surface area (Å²) in [7, 11) is 0. The number of pyridine rings is 1. The number of hydrogen-bond donors (Lipinski definition) is 1. The lowest BCUT2D eigenvalue weighted by atomic mass is 10.1. The zero-order valence-electron chi connectivity index (χ0n) is 18.3. The van der Waals surface area contributed by atoms with Gasteiger partial charge in [-0.05, 0) is 37.1 Å². The van der Waals surface area contributed by atoms with Crippen molar-refractivity contribution in [1.82, 2.24) is 9.72 Å². The Kier molecular flexibility index (Phi) is 6.64. The van der Waals surface area contributed by atoms with E-state index >= 15 is 0 Å². The third-order valence-corrected chi connectivity index (χ3v) is 5.34. The van der Waals surface area contributed by atoms with Crippen LogP contribution in [0.15, 0.2) is 85.1 Å². The molecule has 0 fully saturated rings. The van der Waals surface area contributed by atoms with E-state index in [1.165, 1.54) is 6.07 Å². The van der Waals surface area contributed by atoms with Gasteiger partial charge in [-0.15, -0.1) is 0 Å². The Morgan fingerprint density at radius 3 is 2.27 bits per heavy atom. The number of hydrogen-bond acceptors (Lipinski definition) is 4. The molecular weight excluding hydrogens is 416 g/mol. The average molecular weight is 440 g/mol. The molecule has 6 nitrogen and oxygen atoms in total. The zero-order valence-corrected chi connectivity index (χ0v) is 18.3. The van der Waals surface area contributed by atoms with Crippen molar-refractivity contribution in [3.05, 3.63) is 113 Å². The quantitative estimate of drug-likeness (QED) is 0.327. The molecule has 6 heteroatoms. The van der Waals surface area contributed by atoms with Crippen LogP contribution in [-0.2, 0) is 11.2 Å². The van der Waals surface area contributed by atoms with Crippen molar-refractivity contribution in [2.75, 3.05) is 13.2 Å². The fraction of sp³-hybridized carbons (Fsp3) is 0.148. The normalized spacial score (nSPS) is 10.7. The molecule has 0 bridgehead atoms. The second kappa shape index (κ2) is 9.96. The van der Waals surface area contributed by atoms with Crippen LogP contribution in [0.25, 0.3) is 5.52 Å². The van der Waals surface area contributed by atoms with Crippen LogP contribution in [0.3, 0.4) is 0 Å². The largest absolute Gasteiger partial charge is 0.462 e. The molecule has 4 aromatic rings.